The molecule has 0 unspecified atom stereocenters. The SMILES string of the molecule is C=CO.COc1ccc(-n2nc(CO)cc2-c2ccc(C)nc2)cc1. The number of benzene rings is 1. The summed E-state index contributed by atoms with van der Waals surface area (Å²) in [5.74, 6) is 0.789. The third-order valence-corrected chi connectivity index (χ3v) is 3.45. The fourth-order valence-electron chi connectivity index (χ4n) is 2.25. The maximum absolute atomic E-state index is 9.38. The van der Waals surface area contributed by atoms with E-state index in [1.807, 2.05) is 55.6 Å². The molecular formula is C19H21N3O3. The van der Waals surface area contributed by atoms with Crippen molar-refractivity contribution in [3.8, 4) is 22.7 Å². The van der Waals surface area contributed by atoms with E-state index in [1.165, 1.54) is 0 Å². The number of aromatic nitrogens is 3. The predicted octanol–water partition coefficient (Wildman–Crippen LogP) is 3.43. The molecule has 0 aliphatic carbocycles. The van der Waals surface area contributed by atoms with Crippen LogP contribution in [-0.4, -0.2) is 32.1 Å². The van der Waals surface area contributed by atoms with Crippen LogP contribution in [-0.2, 0) is 6.61 Å². The number of pyridine rings is 1. The molecule has 3 rings (SSSR count). The number of aryl methyl sites for hydroxylation is 1. The zero-order valence-corrected chi connectivity index (χ0v) is 14.3. The maximum atomic E-state index is 9.38. The predicted molar refractivity (Wildman–Crippen MR) is 96.8 cm³/mol. The molecule has 0 bridgehead atoms. The fraction of sp³-hybridized carbons (Fsp3) is 0.158. The Hall–Kier alpha value is -3.12. The lowest BCUT2D eigenvalue weighted by Gasteiger charge is -2.08. The van der Waals surface area contributed by atoms with Gasteiger partial charge in [0.15, 0.2) is 0 Å². The molecule has 3 aromatic rings. The monoisotopic (exact) mass is 339 g/mol. The van der Waals surface area contributed by atoms with Crippen molar-refractivity contribution in [2.24, 2.45) is 0 Å². The highest BCUT2D eigenvalue weighted by Crippen LogP contribution is 2.25. The summed E-state index contributed by atoms with van der Waals surface area (Å²) in [5.41, 5.74) is 4.32. The summed E-state index contributed by atoms with van der Waals surface area (Å²) in [6.07, 6.45) is 2.56. The Morgan fingerprint density at radius 3 is 2.40 bits per heavy atom. The summed E-state index contributed by atoms with van der Waals surface area (Å²) in [6, 6.07) is 13.5. The number of hydrogen-bond donors (Lipinski definition) is 2. The van der Waals surface area contributed by atoms with Crippen LogP contribution < -0.4 is 4.74 Å². The van der Waals surface area contributed by atoms with E-state index >= 15 is 0 Å². The molecule has 0 saturated heterocycles. The average Bonchev–Trinajstić information content (AvgIpc) is 3.07. The summed E-state index contributed by atoms with van der Waals surface area (Å²) in [6.45, 7) is 4.76. The van der Waals surface area contributed by atoms with Crippen LogP contribution in [0.2, 0.25) is 0 Å². The van der Waals surface area contributed by atoms with Gasteiger partial charge >= 0.3 is 0 Å². The van der Waals surface area contributed by atoms with Crippen molar-refractivity contribution in [2.75, 3.05) is 7.11 Å². The van der Waals surface area contributed by atoms with Crippen LogP contribution in [0.3, 0.4) is 0 Å². The van der Waals surface area contributed by atoms with Crippen molar-refractivity contribution in [1.82, 2.24) is 14.8 Å². The Morgan fingerprint density at radius 1 is 1.20 bits per heavy atom. The second-order valence-corrected chi connectivity index (χ2v) is 5.16. The smallest absolute Gasteiger partial charge is 0.119 e. The molecule has 0 radical (unpaired) electrons. The zero-order valence-electron chi connectivity index (χ0n) is 14.3. The van der Waals surface area contributed by atoms with Gasteiger partial charge in [-0.1, -0.05) is 6.58 Å². The van der Waals surface area contributed by atoms with Crippen molar-refractivity contribution in [3.63, 3.8) is 0 Å². The molecule has 1 aromatic carbocycles. The summed E-state index contributed by atoms with van der Waals surface area (Å²) >= 11 is 0. The molecular weight excluding hydrogens is 318 g/mol. The molecule has 0 fully saturated rings. The van der Waals surface area contributed by atoms with Crippen LogP contribution in [0, 0.1) is 6.92 Å². The Bertz CT molecular complexity index is 809. The molecule has 0 aliphatic rings. The summed E-state index contributed by atoms with van der Waals surface area (Å²) in [7, 11) is 1.64. The zero-order chi connectivity index (χ0) is 18.2. The first-order valence-corrected chi connectivity index (χ1v) is 7.65. The van der Waals surface area contributed by atoms with E-state index in [2.05, 4.69) is 16.7 Å². The summed E-state index contributed by atoms with van der Waals surface area (Å²) in [5, 5.41) is 21.2. The fourth-order valence-corrected chi connectivity index (χ4v) is 2.25. The minimum atomic E-state index is -0.102. The van der Waals surface area contributed by atoms with E-state index in [9.17, 15) is 5.11 Å². The number of hydrogen-bond acceptors (Lipinski definition) is 5. The lowest BCUT2D eigenvalue weighted by atomic mass is 10.2. The average molecular weight is 339 g/mol. The molecule has 2 N–H and O–H groups in total. The topological polar surface area (TPSA) is 80.4 Å². The van der Waals surface area contributed by atoms with Crippen molar-refractivity contribution < 1.29 is 14.9 Å². The van der Waals surface area contributed by atoms with Crippen LogP contribution in [0.15, 0.2) is 61.5 Å². The maximum Gasteiger partial charge on any atom is 0.119 e. The van der Waals surface area contributed by atoms with Crippen LogP contribution in [0.25, 0.3) is 16.9 Å². The van der Waals surface area contributed by atoms with E-state index in [-0.39, 0.29) is 6.61 Å². The third kappa shape index (κ3) is 4.45. The van der Waals surface area contributed by atoms with Gasteiger partial charge in [-0.15, -0.1) is 0 Å². The highest BCUT2D eigenvalue weighted by atomic mass is 16.5. The second-order valence-electron chi connectivity index (χ2n) is 5.16. The van der Waals surface area contributed by atoms with Crippen LogP contribution >= 0.6 is 0 Å². The molecule has 0 atom stereocenters. The van der Waals surface area contributed by atoms with Crippen LogP contribution in [0.1, 0.15) is 11.4 Å². The van der Waals surface area contributed by atoms with E-state index in [4.69, 9.17) is 9.84 Å². The van der Waals surface area contributed by atoms with Gasteiger partial charge in [0.05, 0.1) is 37.1 Å². The van der Waals surface area contributed by atoms with Crippen molar-refractivity contribution in [2.45, 2.75) is 13.5 Å². The standard InChI is InChI=1S/C17H17N3O2.C2H4O/c1-12-3-4-13(10-18-12)17-9-14(11-21)19-20(17)15-5-7-16(22-2)8-6-15;1-2-3/h3-10,21H,11H2,1-2H3;2-3H,1H2. The molecule has 2 heterocycles. The summed E-state index contributed by atoms with van der Waals surface area (Å²) in [4.78, 5) is 4.33. The number of aliphatic hydroxyl groups excluding tert-OH is 2. The first kappa shape index (κ1) is 18.2. The lowest BCUT2D eigenvalue weighted by molar-refractivity contribution is 0.276. The Balaban J connectivity index is 0.000000701. The number of rotatable bonds is 4. The molecule has 0 aliphatic heterocycles. The van der Waals surface area contributed by atoms with Crippen molar-refractivity contribution >= 4 is 0 Å². The van der Waals surface area contributed by atoms with Crippen LogP contribution in [0.5, 0.6) is 5.75 Å². The third-order valence-electron chi connectivity index (χ3n) is 3.45. The van der Waals surface area contributed by atoms with Crippen LogP contribution in [0.4, 0.5) is 0 Å². The van der Waals surface area contributed by atoms with E-state index in [0.717, 1.165) is 34.7 Å². The molecule has 6 heteroatoms. The molecule has 2 aromatic heterocycles. The molecule has 130 valence electrons. The highest BCUT2D eigenvalue weighted by Gasteiger charge is 2.11. The first-order chi connectivity index (χ1) is 12.1. The van der Waals surface area contributed by atoms with Gasteiger partial charge in [0.1, 0.15) is 5.75 Å². The largest absolute Gasteiger partial charge is 0.516 e. The number of ether oxygens (including phenoxy) is 1. The van der Waals surface area contributed by atoms with Gasteiger partial charge in [-0.2, -0.15) is 5.10 Å². The quantitative estimate of drug-likeness (QED) is 0.712. The molecule has 6 nitrogen and oxygen atoms in total. The molecule has 0 spiro atoms. The van der Waals surface area contributed by atoms with Gasteiger partial charge in [-0.05, 0) is 49.4 Å². The normalized spacial score (nSPS) is 9.88. The number of methoxy groups -OCH3 is 1. The van der Waals surface area contributed by atoms with Gasteiger partial charge in [0.25, 0.3) is 0 Å². The Labute approximate surface area is 146 Å². The minimum absolute atomic E-state index is 0.102. The Kier molecular flexibility index (Phi) is 6.31. The van der Waals surface area contributed by atoms with Gasteiger partial charge in [0, 0.05) is 17.5 Å². The van der Waals surface area contributed by atoms with Crippen molar-refractivity contribution in [1.29, 1.82) is 0 Å². The lowest BCUT2D eigenvalue weighted by Crippen LogP contribution is -2.00. The molecule has 0 amide bonds. The van der Waals surface area contributed by atoms with E-state index in [0.29, 0.717) is 5.69 Å². The second kappa shape index (κ2) is 8.65. The number of nitrogens with zero attached hydrogens (tertiary/aromatic N) is 3. The molecule has 25 heavy (non-hydrogen) atoms. The minimum Gasteiger partial charge on any atom is -0.516 e. The van der Waals surface area contributed by atoms with E-state index in [1.54, 1.807) is 11.8 Å². The van der Waals surface area contributed by atoms with E-state index < -0.39 is 0 Å². The van der Waals surface area contributed by atoms with Gasteiger partial charge in [-0.25, -0.2) is 4.68 Å². The van der Waals surface area contributed by atoms with Crippen molar-refractivity contribution in [3.05, 3.63) is 72.9 Å². The van der Waals surface area contributed by atoms with Gasteiger partial charge < -0.3 is 14.9 Å². The highest BCUT2D eigenvalue weighted by molar-refractivity contribution is 5.62. The van der Waals surface area contributed by atoms with Gasteiger partial charge in [0.2, 0.25) is 0 Å². The van der Waals surface area contributed by atoms with Gasteiger partial charge in [-0.3, -0.25) is 4.98 Å². The molecule has 0 saturated carbocycles. The Morgan fingerprint density at radius 2 is 1.88 bits per heavy atom. The first-order valence-electron chi connectivity index (χ1n) is 7.65. The number of aliphatic hydroxyl groups is 2. The summed E-state index contributed by atoms with van der Waals surface area (Å²) < 4.78 is 6.98.